The Balaban J connectivity index is 2.35. The second kappa shape index (κ2) is 3.44. The number of nitrogens with zero attached hydrogens (tertiary/aromatic N) is 2. The largest absolute Gasteiger partial charge is 0.478 e. The molecule has 1 unspecified atom stereocenters. The fourth-order valence-electron chi connectivity index (χ4n) is 1.50. The van der Waals surface area contributed by atoms with Gasteiger partial charge in [0.05, 0.1) is 11.3 Å². The summed E-state index contributed by atoms with van der Waals surface area (Å²) in [4.78, 5) is 22.0. The van der Waals surface area contributed by atoms with Gasteiger partial charge in [-0.1, -0.05) is 0 Å². The number of hydrogen-bond donors (Lipinski definition) is 1. The van der Waals surface area contributed by atoms with Crippen LogP contribution in [-0.2, 0) is 0 Å². The van der Waals surface area contributed by atoms with Crippen LogP contribution in [0.5, 0.6) is 0 Å². The van der Waals surface area contributed by atoms with E-state index in [4.69, 9.17) is 5.11 Å². The maximum absolute atomic E-state index is 12.8. The van der Waals surface area contributed by atoms with Gasteiger partial charge in [0.25, 0.3) is 0 Å². The van der Waals surface area contributed by atoms with Crippen LogP contribution in [0.15, 0.2) is 18.2 Å². The van der Waals surface area contributed by atoms with Gasteiger partial charge < -0.3 is 5.11 Å². The Bertz CT molecular complexity index is 477. The van der Waals surface area contributed by atoms with E-state index < -0.39 is 22.9 Å². The van der Waals surface area contributed by atoms with Crippen molar-refractivity contribution in [3.05, 3.63) is 39.7 Å². The van der Waals surface area contributed by atoms with Crippen LogP contribution in [0, 0.1) is 15.9 Å². The second-order valence-corrected chi connectivity index (χ2v) is 3.38. The smallest absolute Gasteiger partial charge is 0.337 e. The molecule has 1 aliphatic rings. The third-order valence-corrected chi connectivity index (χ3v) is 2.33. The highest BCUT2D eigenvalue weighted by Crippen LogP contribution is 2.31. The predicted octanol–water partition coefficient (Wildman–Crippen LogP) is 0.947. The molecule has 84 valence electrons. The molecule has 7 heteroatoms. The molecule has 1 heterocycles. The van der Waals surface area contributed by atoms with E-state index in [0.717, 1.165) is 12.1 Å². The van der Waals surface area contributed by atoms with Crippen molar-refractivity contribution in [1.82, 2.24) is 0 Å². The van der Waals surface area contributed by atoms with E-state index in [1.807, 2.05) is 0 Å². The summed E-state index contributed by atoms with van der Waals surface area (Å²) in [5.41, 5.74) is -0.0834. The Kier molecular flexibility index (Phi) is 2.22. The Morgan fingerprint density at radius 1 is 1.62 bits per heavy atom. The van der Waals surface area contributed by atoms with Gasteiger partial charge in [-0.3, -0.25) is 15.0 Å². The highest BCUT2D eigenvalue weighted by Gasteiger charge is 2.46. The van der Waals surface area contributed by atoms with Gasteiger partial charge in [0.15, 0.2) is 0 Å². The highest BCUT2D eigenvalue weighted by molar-refractivity contribution is 5.95. The number of anilines is 1. The molecule has 0 amide bonds. The van der Waals surface area contributed by atoms with Crippen LogP contribution >= 0.6 is 0 Å². The first-order chi connectivity index (χ1) is 7.50. The minimum atomic E-state index is -1.30. The molecule has 1 aliphatic heterocycles. The second-order valence-electron chi connectivity index (χ2n) is 3.38. The first-order valence-electron chi connectivity index (χ1n) is 4.43. The molecular formula is C9H7FN2O4. The van der Waals surface area contributed by atoms with Crippen molar-refractivity contribution in [2.24, 2.45) is 0 Å². The summed E-state index contributed by atoms with van der Waals surface area (Å²) >= 11 is 0. The minimum absolute atomic E-state index is 0.152. The lowest BCUT2D eigenvalue weighted by Gasteiger charge is -2.06. The van der Waals surface area contributed by atoms with E-state index in [0.29, 0.717) is 0 Å². The third kappa shape index (κ3) is 1.67. The molecule has 0 aliphatic carbocycles. The van der Waals surface area contributed by atoms with Crippen molar-refractivity contribution in [2.45, 2.75) is 6.17 Å². The molecule has 1 atom stereocenters. The van der Waals surface area contributed by atoms with Crippen LogP contribution in [0.25, 0.3) is 0 Å². The lowest BCUT2D eigenvalue weighted by molar-refractivity contribution is -0.492. The molecule has 0 radical (unpaired) electrons. The van der Waals surface area contributed by atoms with Gasteiger partial charge in [-0.2, -0.15) is 0 Å². The number of hydrogen-bond acceptors (Lipinski definition) is 4. The van der Waals surface area contributed by atoms with Crippen LogP contribution in [-0.4, -0.2) is 28.7 Å². The number of aromatic carboxylic acids is 1. The summed E-state index contributed by atoms with van der Waals surface area (Å²) in [5.74, 6) is -1.98. The lowest BCUT2D eigenvalue weighted by atomic mass is 10.1. The number of benzene rings is 1. The van der Waals surface area contributed by atoms with Gasteiger partial charge in [-0.05, 0) is 18.2 Å². The topological polar surface area (TPSA) is 83.4 Å². The monoisotopic (exact) mass is 226 g/mol. The van der Waals surface area contributed by atoms with E-state index in [-0.39, 0.29) is 17.8 Å². The summed E-state index contributed by atoms with van der Waals surface area (Å²) in [7, 11) is 0. The zero-order chi connectivity index (χ0) is 11.9. The molecule has 1 fully saturated rings. The average Bonchev–Trinajstić information content (AvgIpc) is 2.97. The maximum atomic E-state index is 12.8. The Hall–Kier alpha value is -2.18. The number of halogens is 1. The molecule has 16 heavy (non-hydrogen) atoms. The number of carbonyl (C=O) groups is 1. The van der Waals surface area contributed by atoms with Crippen molar-refractivity contribution in [1.29, 1.82) is 0 Å². The van der Waals surface area contributed by atoms with Crippen molar-refractivity contribution in [3.63, 3.8) is 0 Å². The summed E-state index contributed by atoms with van der Waals surface area (Å²) < 4.78 is 12.8. The van der Waals surface area contributed by atoms with Crippen LogP contribution < -0.4 is 4.90 Å². The maximum Gasteiger partial charge on any atom is 0.337 e. The van der Waals surface area contributed by atoms with Crippen molar-refractivity contribution >= 4 is 11.7 Å². The van der Waals surface area contributed by atoms with Gasteiger partial charge >= 0.3 is 12.1 Å². The molecule has 0 bridgehead atoms. The third-order valence-electron chi connectivity index (χ3n) is 2.33. The van der Waals surface area contributed by atoms with E-state index in [9.17, 15) is 19.3 Å². The van der Waals surface area contributed by atoms with E-state index in [2.05, 4.69) is 0 Å². The molecule has 0 spiro atoms. The highest BCUT2D eigenvalue weighted by atomic mass is 19.1. The molecule has 1 aromatic rings. The van der Waals surface area contributed by atoms with Gasteiger partial charge in [0, 0.05) is 4.92 Å². The number of rotatable bonds is 3. The van der Waals surface area contributed by atoms with Crippen LogP contribution in [0.3, 0.4) is 0 Å². The van der Waals surface area contributed by atoms with Crippen LogP contribution in [0.4, 0.5) is 10.1 Å². The first-order valence-corrected chi connectivity index (χ1v) is 4.43. The van der Waals surface area contributed by atoms with Crippen LogP contribution in [0.2, 0.25) is 0 Å². The fourth-order valence-corrected chi connectivity index (χ4v) is 1.50. The Morgan fingerprint density at radius 3 is 2.81 bits per heavy atom. The predicted molar refractivity (Wildman–Crippen MR) is 51.5 cm³/mol. The number of nitro groups is 1. The van der Waals surface area contributed by atoms with E-state index in [1.165, 1.54) is 11.0 Å². The minimum Gasteiger partial charge on any atom is -0.478 e. The standard InChI is InChI=1S/C9H7FN2O4/c10-5-1-2-7(6(3-5)9(13)14)11-4-8(11)12(15)16/h1-3,8H,4H2,(H,13,14). The number of carboxylic acids is 1. The molecule has 0 aromatic heterocycles. The molecule has 1 aromatic carbocycles. The molecular weight excluding hydrogens is 219 g/mol. The number of carboxylic acid groups (broad SMARTS) is 1. The van der Waals surface area contributed by atoms with Gasteiger partial charge in [-0.15, -0.1) is 0 Å². The molecule has 6 nitrogen and oxygen atoms in total. The molecule has 1 saturated heterocycles. The Morgan fingerprint density at radius 2 is 2.31 bits per heavy atom. The zero-order valence-corrected chi connectivity index (χ0v) is 7.96. The molecule has 0 saturated carbocycles. The van der Waals surface area contributed by atoms with E-state index in [1.54, 1.807) is 0 Å². The summed E-state index contributed by atoms with van der Waals surface area (Å²) in [6.45, 7) is 0.152. The van der Waals surface area contributed by atoms with Gasteiger partial charge in [-0.25, -0.2) is 9.18 Å². The first kappa shape index (κ1) is 10.3. The molecule has 2 rings (SSSR count). The Labute approximate surface area is 89.1 Å². The quantitative estimate of drug-likeness (QED) is 0.471. The van der Waals surface area contributed by atoms with Crippen LogP contribution in [0.1, 0.15) is 10.4 Å². The fraction of sp³-hybridized carbons (Fsp3) is 0.222. The summed E-state index contributed by atoms with van der Waals surface area (Å²) in [5, 5.41) is 19.3. The summed E-state index contributed by atoms with van der Waals surface area (Å²) in [6, 6.07) is 3.17. The average molecular weight is 226 g/mol. The van der Waals surface area contributed by atoms with Gasteiger partial charge in [0.1, 0.15) is 12.4 Å². The summed E-state index contributed by atoms with van der Waals surface area (Å²) in [6.07, 6.45) is -0.899. The van der Waals surface area contributed by atoms with Crippen molar-refractivity contribution in [3.8, 4) is 0 Å². The molecule has 1 N–H and O–H groups in total. The van der Waals surface area contributed by atoms with E-state index >= 15 is 0 Å². The van der Waals surface area contributed by atoms with Gasteiger partial charge in [0.2, 0.25) is 0 Å². The normalized spacial score (nSPS) is 18.3. The lowest BCUT2D eigenvalue weighted by Crippen LogP contribution is -2.12. The zero-order valence-electron chi connectivity index (χ0n) is 7.96. The SMILES string of the molecule is O=C(O)c1cc(F)ccc1N1CC1[N+](=O)[O-]. The van der Waals surface area contributed by atoms with Crippen molar-refractivity contribution in [2.75, 3.05) is 11.4 Å². The van der Waals surface area contributed by atoms with Crippen molar-refractivity contribution < 1.29 is 19.2 Å².